The van der Waals surface area contributed by atoms with Crippen LogP contribution in [0.15, 0.2) is 66.0 Å². The van der Waals surface area contributed by atoms with Gasteiger partial charge in [0.1, 0.15) is 5.82 Å². The van der Waals surface area contributed by atoms with Crippen LogP contribution in [0.5, 0.6) is 0 Å². The van der Waals surface area contributed by atoms with Crippen LogP contribution < -0.4 is 5.69 Å². The van der Waals surface area contributed by atoms with Crippen LogP contribution in [0, 0.1) is 0 Å². The van der Waals surface area contributed by atoms with Crippen molar-refractivity contribution in [3.8, 4) is 28.3 Å². The zero-order valence-electron chi connectivity index (χ0n) is 20.8. The third-order valence-corrected chi connectivity index (χ3v) is 6.54. The molecule has 1 aromatic carbocycles. The first-order valence-electron chi connectivity index (χ1n) is 12.4. The lowest BCUT2D eigenvalue weighted by Crippen LogP contribution is -2.26. The number of aryl methyl sites for hydroxylation is 2. The van der Waals surface area contributed by atoms with E-state index in [0.29, 0.717) is 30.3 Å². The van der Waals surface area contributed by atoms with Crippen LogP contribution >= 0.6 is 0 Å². The van der Waals surface area contributed by atoms with E-state index in [-0.39, 0.29) is 5.69 Å². The highest BCUT2D eigenvalue weighted by molar-refractivity contribution is 5.80. The summed E-state index contributed by atoms with van der Waals surface area (Å²) in [6, 6.07) is 11.6. The summed E-state index contributed by atoms with van der Waals surface area (Å²) in [4.78, 5) is 29.9. The molecule has 0 radical (unpaired) electrons. The topological polar surface area (TPSA) is 116 Å². The Morgan fingerprint density at radius 3 is 2.57 bits per heavy atom. The fourth-order valence-corrected chi connectivity index (χ4v) is 4.60. The van der Waals surface area contributed by atoms with E-state index in [2.05, 4.69) is 32.5 Å². The van der Waals surface area contributed by atoms with Gasteiger partial charge < -0.3 is 4.57 Å². The summed E-state index contributed by atoms with van der Waals surface area (Å²) in [6.45, 7) is 5.13. The van der Waals surface area contributed by atoms with Gasteiger partial charge in [-0.15, -0.1) is 10.2 Å². The van der Waals surface area contributed by atoms with Gasteiger partial charge in [-0.05, 0) is 53.8 Å². The molecule has 5 aromatic rings. The molecule has 0 saturated carbocycles. The summed E-state index contributed by atoms with van der Waals surface area (Å²) < 4.78 is 5.32. The largest absolute Gasteiger partial charge is 0.334 e. The molecule has 0 aliphatic rings. The molecular formula is C27H28N8O2. The molecule has 0 amide bonds. The summed E-state index contributed by atoms with van der Waals surface area (Å²) in [5.74, 6) is 1.13. The Hall–Kier alpha value is -4.60. The second kappa shape index (κ2) is 10.6. The number of pyridine rings is 1. The number of unbranched alkanes of at least 4 members (excludes halogenated alkanes) is 1. The Balaban J connectivity index is 1.56. The average Bonchev–Trinajstić information content (AvgIpc) is 3.68. The molecule has 0 bridgehead atoms. The molecular weight excluding hydrogens is 468 g/mol. The number of carbonyl (C=O) groups is 1. The molecule has 188 valence electrons. The number of nitrogens with zero attached hydrogens (tertiary/aromatic N) is 7. The first-order valence-corrected chi connectivity index (χ1v) is 12.4. The Labute approximate surface area is 213 Å². The van der Waals surface area contributed by atoms with Crippen molar-refractivity contribution in [1.82, 2.24) is 39.3 Å². The van der Waals surface area contributed by atoms with Crippen LogP contribution in [-0.4, -0.2) is 45.6 Å². The van der Waals surface area contributed by atoms with E-state index in [1.165, 1.54) is 0 Å². The lowest BCUT2D eigenvalue weighted by molar-refractivity contribution is 0.112. The number of H-pyrrole nitrogens is 1. The minimum Gasteiger partial charge on any atom is -0.334 e. The van der Waals surface area contributed by atoms with E-state index < -0.39 is 0 Å². The van der Waals surface area contributed by atoms with Crippen molar-refractivity contribution in [3.63, 3.8) is 0 Å². The second-order valence-electron chi connectivity index (χ2n) is 8.81. The van der Waals surface area contributed by atoms with Gasteiger partial charge in [0.25, 0.3) is 0 Å². The maximum absolute atomic E-state index is 13.8. The Morgan fingerprint density at radius 2 is 1.86 bits per heavy atom. The fraction of sp³-hybridized carbons (Fsp3) is 0.259. The van der Waals surface area contributed by atoms with Crippen molar-refractivity contribution < 1.29 is 4.79 Å². The molecule has 4 heterocycles. The smallest absolute Gasteiger partial charge is 0.334 e. The molecule has 0 unspecified atom stereocenters. The van der Waals surface area contributed by atoms with Gasteiger partial charge in [0.05, 0.1) is 12.1 Å². The number of nitrogens with one attached hydrogen (secondary N) is 1. The molecule has 0 fully saturated rings. The maximum atomic E-state index is 13.8. The highest BCUT2D eigenvalue weighted by Gasteiger charge is 2.19. The quantitative estimate of drug-likeness (QED) is 0.293. The van der Waals surface area contributed by atoms with Crippen molar-refractivity contribution in [1.29, 1.82) is 0 Å². The SMILES string of the molecule is CCCCc1cn(-c2c(C=O)ccn2CC)c(=O)n1Cc1cnccc1-c1ccc(-c2nn[nH]n2)cc1. The first-order chi connectivity index (χ1) is 18.1. The van der Waals surface area contributed by atoms with E-state index in [4.69, 9.17) is 0 Å². The van der Waals surface area contributed by atoms with E-state index in [9.17, 15) is 9.59 Å². The second-order valence-corrected chi connectivity index (χ2v) is 8.81. The standard InChI is InChI=1S/C27H28N8O2/c1-3-5-6-23-17-35(26-21(18-36)12-14-33(26)4-2)27(37)34(23)16-22-15-28-13-11-24(22)19-7-9-20(10-8-19)25-29-31-32-30-25/h7-15,17-18H,3-6,16H2,1-2H3,(H,29,30,31,32). The minimum atomic E-state index is -0.176. The summed E-state index contributed by atoms with van der Waals surface area (Å²) in [5.41, 5.74) is 5.00. The van der Waals surface area contributed by atoms with Crippen molar-refractivity contribution in [2.75, 3.05) is 0 Å². The van der Waals surface area contributed by atoms with Crippen molar-refractivity contribution in [2.45, 2.75) is 46.2 Å². The van der Waals surface area contributed by atoms with Gasteiger partial charge in [-0.25, -0.2) is 4.79 Å². The highest BCUT2D eigenvalue weighted by atomic mass is 16.2. The zero-order valence-corrected chi connectivity index (χ0v) is 20.8. The van der Waals surface area contributed by atoms with Crippen molar-refractivity contribution in [2.24, 2.45) is 0 Å². The molecule has 1 N–H and O–H groups in total. The predicted octanol–water partition coefficient (Wildman–Crippen LogP) is 3.91. The number of aromatic amines is 1. The molecule has 0 saturated heterocycles. The number of aldehydes is 1. The third kappa shape index (κ3) is 4.65. The molecule has 0 aliphatic heterocycles. The minimum absolute atomic E-state index is 0.176. The number of rotatable bonds is 10. The summed E-state index contributed by atoms with van der Waals surface area (Å²) >= 11 is 0. The van der Waals surface area contributed by atoms with E-state index >= 15 is 0 Å². The number of tetrazole rings is 1. The lowest BCUT2D eigenvalue weighted by Gasteiger charge is -2.12. The molecule has 0 spiro atoms. The summed E-state index contributed by atoms with van der Waals surface area (Å²) in [5, 5.41) is 14.2. The van der Waals surface area contributed by atoms with Gasteiger partial charge in [-0.2, -0.15) is 5.21 Å². The van der Waals surface area contributed by atoms with Gasteiger partial charge in [-0.3, -0.25) is 18.9 Å². The number of aromatic nitrogens is 8. The van der Waals surface area contributed by atoms with Crippen LogP contribution in [0.25, 0.3) is 28.3 Å². The predicted molar refractivity (Wildman–Crippen MR) is 140 cm³/mol. The maximum Gasteiger partial charge on any atom is 0.334 e. The average molecular weight is 497 g/mol. The summed E-state index contributed by atoms with van der Waals surface area (Å²) in [6.07, 6.45) is 10.8. The van der Waals surface area contributed by atoms with E-state index in [1.54, 1.807) is 27.6 Å². The van der Waals surface area contributed by atoms with Crippen molar-refractivity contribution >= 4 is 6.29 Å². The van der Waals surface area contributed by atoms with Crippen LogP contribution in [-0.2, 0) is 19.5 Å². The number of imidazole rings is 1. The highest BCUT2D eigenvalue weighted by Crippen LogP contribution is 2.26. The van der Waals surface area contributed by atoms with Gasteiger partial charge in [0.15, 0.2) is 6.29 Å². The van der Waals surface area contributed by atoms with Gasteiger partial charge in [0, 0.05) is 42.6 Å². The molecule has 0 aliphatic carbocycles. The number of hydrogen-bond donors (Lipinski definition) is 1. The molecule has 10 nitrogen and oxygen atoms in total. The molecule has 0 atom stereocenters. The Bertz CT molecular complexity index is 1560. The Kier molecular flexibility index (Phi) is 6.89. The van der Waals surface area contributed by atoms with Crippen molar-refractivity contribution in [3.05, 3.63) is 88.5 Å². The van der Waals surface area contributed by atoms with Gasteiger partial charge >= 0.3 is 5.69 Å². The first kappa shape index (κ1) is 24.1. The number of hydrogen-bond acceptors (Lipinski definition) is 6. The van der Waals surface area contributed by atoms with Crippen LogP contribution in [0.3, 0.4) is 0 Å². The normalized spacial score (nSPS) is 11.2. The van der Waals surface area contributed by atoms with E-state index in [0.717, 1.165) is 53.5 Å². The zero-order chi connectivity index (χ0) is 25.8. The van der Waals surface area contributed by atoms with Crippen LogP contribution in [0.4, 0.5) is 0 Å². The van der Waals surface area contributed by atoms with Gasteiger partial charge in [0.2, 0.25) is 5.82 Å². The lowest BCUT2D eigenvalue weighted by atomic mass is 10.00. The molecule has 4 aromatic heterocycles. The monoisotopic (exact) mass is 496 g/mol. The fourth-order valence-electron chi connectivity index (χ4n) is 4.60. The van der Waals surface area contributed by atoms with Crippen LogP contribution in [0.2, 0.25) is 0 Å². The molecule has 5 rings (SSSR count). The number of carbonyl (C=O) groups excluding carboxylic acids is 1. The van der Waals surface area contributed by atoms with E-state index in [1.807, 2.05) is 54.2 Å². The molecule has 10 heteroatoms. The number of benzene rings is 1. The third-order valence-electron chi connectivity index (χ3n) is 6.54. The molecule has 37 heavy (non-hydrogen) atoms. The van der Waals surface area contributed by atoms with Gasteiger partial charge in [-0.1, -0.05) is 37.6 Å². The Morgan fingerprint density at radius 1 is 1.05 bits per heavy atom. The summed E-state index contributed by atoms with van der Waals surface area (Å²) in [7, 11) is 0. The van der Waals surface area contributed by atoms with Crippen LogP contribution in [0.1, 0.15) is 48.3 Å².